The van der Waals surface area contributed by atoms with Crippen LogP contribution in [0.1, 0.15) is 4.44 Å². The summed E-state index contributed by atoms with van der Waals surface area (Å²) in [4.78, 5) is 15.7. The minimum atomic E-state index is -0.619. The summed E-state index contributed by atoms with van der Waals surface area (Å²) in [6.45, 7) is 0. The molecule has 1 rings (SSSR count). The average molecular weight is 256 g/mol. The fourth-order valence-corrected chi connectivity index (χ4v) is 2.16. The Morgan fingerprint density at radius 2 is 2.57 bits per heavy atom. The van der Waals surface area contributed by atoms with Gasteiger partial charge in [0, 0.05) is 0 Å². The van der Waals surface area contributed by atoms with Gasteiger partial charge in [0.1, 0.15) is 0 Å². The Kier molecular flexibility index (Phi) is 4.01. The maximum atomic E-state index is 11.1. The molecular formula is C8H7N3O2Se. The van der Waals surface area contributed by atoms with Gasteiger partial charge in [-0.3, -0.25) is 0 Å². The molecule has 0 aliphatic carbocycles. The first-order valence-electron chi connectivity index (χ1n) is 3.66. The zero-order chi connectivity index (χ0) is 10.4. The predicted octanol–water partition coefficient (Wildman–Crippen LogP) is 1.57. The van der Waals surface area contributed by atoms with E-state index in [4.69, 9.17) is 5.53 Å². The van der Waals surface area contributed by atoms with Crippen LogP contribution < -0.4 is 0 Å². The molecular weight excluding hydrogens is 249 g/mol. The van der Waals surface area contributed by atoms with E-state index >= 15 is 0 Å². The molecule has 1 heterocycles. The van der Waals surface area contributed by atoms with Crippen LogP contribution in [0.15, 0.2) is 27.9 Å². The van der Waals surface area contributed by atoms with E-state index < -0.39 is 5.97 Å². The van der Waals surface area contributed by atoms with Gasteiger partial charge in [0.2, 0.25) is 0 Å². The summed E-state index contributed by atoms with van der Waals surface area (Å²) in [5.41, 5.74) is 8.23. The zero-order valence-electron chi connectivity index (χ0n) is 7.38. The van der Waals surface area contributed by atoms with Crippen LogP contribution in [0.5, 0.6) is 0 Å². The summed E-state index contributed by atoms with van der Waals surface area (Å²) < 4.78 is 5.44. The number of carbonyl (C=O) groups excluding carboxylic acids is 1. The van der Waals surface area contributed by atoms with Gasteiger partial charge < -0.3 is 0 Å². The molecule has 0 spiro atoms. The molecule has 0 bridgehead atoms. The van der Waals surface area contributed by atoms with Crippen molar-refractivity contribution in [2.75, 3.05) is 7.11 Å². The number of ether oxygens (including phenoxy) is 1. The molecule has 0 aliphatic rings. The molecule has 1 aromatic heterocycles. The van der Waals surface area contributed by atoms with Gasteiger partial charge in [0.15, 0.2) is 0 Å². The Bertz CT molecular complexity index is 391. The second-order valence-corrected chi connectivity index (χ2v) is 4.28. The average Bonchev–Trinajstić information content (AvgIpc) is 2.68. The Balaban J connectivity index is 2.99. The van der Waals surface area contributed by atoms with Crippen molar-refractivity contribution in [1.29, 1.82) is 0 Å². The number of nitrogens with zero attached hydrogens (tertiary/aromatic N) is 3. The van der Waals surface area contributed by atoms with Gasteiger partial charge in [0.25, 0.3) is 0 Å². The summed E-state index contributed by atoms with van der Waals surface area (Å²) in [7, 11) is 1.25. The molecule has 0 radical (unpaired) electrons. The Morgan fingerprint density at radius 3 is 3.07 bits per heavy atom. The van der Waals surface area contributed by atoms with E-state index in [2.05, 4.69) is 14.8 Å². The monoisotopic (exact) mass is 257 g/mol. The van der Waals surface area contributed by atoms with Gasteiger partial charge in [-0.05, 0) is 0 Å². The van der Waals surface area contributed by atoms with Crippen molar-refractivity contribution >= 4 is 26.5 Å². The summed E-state index contributed by atoms with van der Waals surface area (Å²) in [6, 6.07) is 3.77. The molecule has 0 atom stereocenters. The van der Waals surface area contributed by atoms with E-state index in [1.165, 1.54) is 7.11 Å². The van der Waals surface area contributed by atoms with Crippen LogP contribution in [0.25, 0.3) is 16.5 Å². The van der Waals surface area contributed by atoms with Crippen molar-refractivity contribution < 1.29 is 9.53 Å². The molecule has 6 heteroatoms. The van der Waals surface area contributed by atoms with Gasteiger partial charge >= 0.3 is 86.0 Å². The third-order valence-corrected chi connectivity index (χ3v) is 3.09. The molecule has 0 fully saturated rings. The Morgan fingerprint density at radius 1 is 1.79 bits per heavy atom. The van der Waals surface area contributed by atoms with E-state index in [-0.39, 0.29) is 20.2 Å². The summed E-state index contributed by atoms with van der Waals surface area (Å²) >= 11 is 0.213. The Hall–Kier alpha value is -1.48. The Labute approximate surface area is 86.4 Å². The molecule has 0 saturated heterocycles. The van der Waals surface area contributed by atoms with Crippen LogP contribution in [0, 0.1) is 0 Å². The van der Waals surface area contributed by atoms with E-state index in [0.717, 1.165) is 4.44 Å². The zero-order valence-corrected chi connectivity index (χ0v) is 9.09. The summed E-state index contributed by atoms with van der Waals surface area (Å²) in [6.07, 6.45) is 1.55. The molecule has 1 aromatic rings. The number of carbonyl (C=O) groups is 1. The van der Waals surface area contributed by atoms with E-state index in [1.54, 1.807) is 6.08 Å². The minimum absolute atomic E-state index is 0.00757. The van der Waals surface area contributed by atoms with Crippen LogP contribution in [0.3, 0.4) is 0 Å². The van der Waals surface area contributed by atoms with Crippen molar-refractivity contribution in [3.8, 4) is 0 Å². The van der Waals surface area contributed by atoms with Crippen LogP contribution >= 0.6 is 0 Å². The summed E-state index contributed by atoms with van der Waals surface area (Å²) in [5.74, 6) is -0.619. The number of rotatable bonds is 3. The number of hydrogen-bond acceptors (Lipinski definition) is 3. The molecule has 0 aliphatic heterocycles. The molecule has 14 heavy (non-hydrogen) atoms. The third-order valence-electron chi connectivity index (χ3n) is 1.37. The number of methoxy groups -OCH3 is 1. The van der Waals surface area contributed by atoms with Crippen LogP contribution in [-0.2, 0) is 9.53 Å². The number of azide groups is 1. The van der Waals surface area contributed by atoms with E-state index in [0.29, 0.717) is 0 Å². The molecule has 0 unspecified atom stereocenters. The fourth-order valence-electron chi connectivity index (χ4n) is 0.790. The van der Waals surface area contributed by atoms with Crippen molar-refractivity contribution in [2.45, 2.75) is 0 Å². The quantitative estimate of drug-likeness (QED) is 0.205. The topological polar surface area (TPSA) is 75.1 Å². The van der Waals surface area contributed by atoms with Gasteiger partial charge in [0.05, 0.1) is 0 Å². The van der Waals surface area contributed by atoms with Crippen molar-refractivity contribution in [2.24, 2.45) is 5.11 Å². The molecule has 0 amide bonds. The second-order valence-electron chi connectivity index (χ2n) is 2.23. The summed E-state index contributed by atoms with van der Waals surface area (Å²) in [5, 5.41) is 3.27. The SMILES string of the molecule is COC(=O)/C(=C/c1ccc[se]1)N=[N+]=[N-]. The van der Waals surface area contributed by atoms with Gasteiger partial charge in [-0.15, -0.1) is 0 Å². The number of hydrogen-bond donors (Lipinski definition) is 0. The van der Waals surface area contributed by atoms with Crippen molar-refractivity contribution in [1.82, 2.24) is 0 Å². The molecule has 0 N–H and O–H groups in total. The van der Waals surface area contributed by atoms with Gasteiger partial charge in [-0.1, -0.05) is 0 Å². The second kappa shape index (κ2) is 5.29. The first-order chi connectivity index (χ1) is 6.77. The molecule has 0 saturated carbocycles. The normalized spacial score (nSPS) is 10.5. The van der Waals surface area contributed by atoms with Gasteiger partial charge in [-0.2, -0.15) is 0 Å². The standard InChI is InChI=1S/C8H7N3O2Se/c1-13-8(12)7(10-11-9)5-6-3-2-4-14-6/h2-5H,1H3/b7-5-. The van der Waals surface area contributed by atoms with Gasteiger partial charge in [-0.25, -0.2) is 0 Å². The van der Waals surface area contributed by atoms with E-state index in [1.807, 2.05) is 17.1 Å². The fraction of sp³-hybridized carbons (Fsp3) is 0.125. The number of esters is 1. The predicted molar refractivity (Wildman–Crippen MR) is 52.5 cm³/mol. The van der Waals surface area contributed by atoms with Crippen LogP contribution in [-0.4, -0.2) is 27.6 Å². The molecule has 0 aromatic carbocycles. The van der Waals surface area contributed by atoms with Crippen molar-refractivity contribution in [3.63, 3.8) is 0 Å². The first-order valence-corrected chi connectivity index (χ1v) is 5.51. The van der Waals surface area contributed by atoms with Crippen molar-refractivity contribution in [3.05, 3.63) is 37.7 Å². The molecule has 72 valence electrons. The van der Waals surface area contributed by atoms with E-state index in [9.17, 15) is 4.79 Å². The molecule has 5 nitrogen and oxygen atoms in total. The van der Waals surface area contributed by atoms with Crippen LogP contribution in [0.2, 0.25) is 0 Å². The van der Waals surface area contributed by atoms with Crippen LogP contribution in [0.4, 0.5) is 0 Å². The first kappa shape index (κ1) is 10.6. The third kappa shape index (κ3) is 2.78. The maximum absolute atomic E-state index is 11.1.